The molecule has 0 unspecified atom stereocenters. The number of Topliss-reactive ketones (excluding diaryl/α,β-unsaturated/α-hetero) is 1. The largest absolute Gasteiger partial charge is 0.508 e. The monoisotopic (exact) mass is 206 g/mol. The van der Waals surface area contributed by atoms with Gasteiger partial charge in [0.05, 0.1) is 0 Å². The summed E-state index contributed by atoms with van der Waals surface area (Å²) in [6.45, 7) is 2.18. The van der Waals surface area contributed by atoms with Crippen molar-refractivity contribution in [3.05, 3.63) is 23.3 Å². The first-order valence-corrected chi connectivity index (χ1v) is 5.20. The number of carbonyl (C=O) groups excluding carboxylic acids is 1. The van der Waals surface area contributed by atoms with Gasteiger partial charge in [0.2, 0.25) is 0 Å². The van der Waals surface area contributed by atoms with Crippen LogP contribution in [-0.4, -0.2) is 17.5 Å². The zero-order valence-corrected chi connectivity index (χ0v) is 8.75. The molecule has 15 heavy (non-hydrogen) atoms. The Morgan fingerprint density at radius 3 is 3.00 bits per heavy atom. The van der Waals surface area contributed by atoms with E-state index in [9.17, 15) is 9.90 Å². The predicted molar refractivity (Wildman–Crippen MR) is 56.3 cm³/mol. The van der Waals surface area contributed by atoms with E-state index in [0.717, 1.165) is 29.7 Å². The molecular weight excluding hydrogens is 192 g/mol. The Hall–Kier alpha value is -1.51. The first-order valence-electron chi connectivity index (χ1n) is 5.20. The van der Waals surface area contributed by atoms with Gasteiger partial charge in [-0.2, -0.15) is 0 Å². The number of benzene rings is 1. The van der Waals surface area contributed by atoms with Crippen molar-refractivity contribution >= 4 is 5.78 Å². The summed E-state index contributed by atoms with van der Waals surface area (Å²) in [5, 5.41) is 9.70. The van der Waals surface area contributed by atoms with Crippen LogP contribution >= 0.6 is 0 Å². The molecule has 0 fully saturated rings. The highest BCUT2D eigenvalue weighted by atomic mass is 16.5. The van der Waals surface area contributed by atoms with E-state index in [-0.39, 0.29) is 18.1 Å². The third-order valence-electron chi connectivity index (χ3n) is 2.58. The number of fused-ring (bicyclic) bond motifs is 1. The molecule has 1 aromatic carbocycles. The van der Waals surface area contributed by atoms with Crippen molar-refractivity contribution in [1.29, 1.82) is 0 Å². The lowest BCUT2D eigenvalue weighted by molar-refractivity contribution is -0.121. The van der Waals surface area contributed by atoms with Crippen LogP contribution in [0.3, 0.4) is 0 Å². The SMILES string of the molecule is CCCc1c(O)ccc2c1OCC(=O)C2. The summed E-state index contributed by atoms with van der Waals surface area (Å²) in [7, 11) is 0. The van der Waals surface area contributed by atoms with Crippen LogP contribution in [0.15, 0.2) is 12.1 Å². The second-order valence-corrected chi connectivity index (χ2v) is 3.81. The summed E-state index contributed by atoms with van der Waals surface area (Å²) < 4.78 is 5.39. The quantitative estimate of drug-likeness (QED) is 0.803. The van der Waals surface area contributed by atoms with Crippen molar-refractivity contribution in [1.82, 2.24) is 0 Å². The van der Waals surface area contributed by atoms with Crippen LogP contribution in [-0.2, 0) is 17.6 Å². The Morgan fingerprint density at radius 1 is 1.47 bits per heavy atom. The van der Waals surface area contributed by atoms with Crippen LogP contribution in [0.4, 0.5) is 0 Å². The molecule has 0 aliphatic carbocycles. The van der Waals surface area contributed by atoms with Crippen LogP contribution in [0, 0.1) is 0 Å². The third kappa shape index (κ3) is 1.82. The summed E-state index contributed by atoms with van der Waals surface area (Å²) in [6.07, 6.45) is 2.15. The number of phenols is 1. The van der Waals surface area contributed by atoms with Crippen LogP contribution in [0.2, 0.25) is 0 Å². The Bertz CT molecular complexity index is 396. The van der Waals surface area contributed by atoms with Crippen LogP contribution < -0.4 is 4.74 Å². The predicted octanol–water partition coefficient (Wildman–Crippen LogP) is 1.85. The smallest absolute Gasteiger partial charge is 0.174 e. The number of ether oxygens (including phenoxy) is 1. The first kappa shape index (κ1) is 10.0. The molecule has 2 rings (SSSR count). The molecule has 0 spiro atoms. The summed E-state index contributed by atoms with van der Waals surface area (Å²) in [6, 6.07) is 3.41. The molecule has 1 aliphatic rings. The molecule has 1 N–H and O–H groups in total. The van der Waals surface area contributed by atoms with E-state index in [1.807, 2.05) is 6.92 Å². The average Bonchev–Trinajstić information content (AvgIpc) is 2.22. The first-order chi connectivity index (χ1) is 7.22. The normalized spacial score (nSPS) is 14.6. The number of hydrogen-bond acceptors (Lipinski definition) is 3. The fraction of sp³-hybridized carbons (Fsp3) is 0.417. The average molecular weight is 206 g/mol. The van der Waals surface area contributed by atoms with Gasteiger partial charge in [0.15, 0.2) is 5.78 Å². The van der Waals surface area contributed by atoms with Crippen LogP contribution in [0.1, 0.15) is 24.5 Å². The number of phenolic OH excluding ortho intramolecular Hbond substituents is 1. The molecule has 1 aromatic rings. The zero-order chi connectivity index (χ0) is 10.8. The van der Waals surface area contributed by atoms with Crippen molar-refractivity contribution in [3.63, 3.8) is 0 Å². The van der Waals surface area contributed by atoms with Gasteiger partial charge in [-0.1, -0.05) is 19.4 Å². The fourth-order valence-corrected chi connectivity index (χ4v) is 1.89. The van der Waals surface area contributed by atoms with E-state index < -0.39 is 0 Å². The van der Waals surface area contributed by atoms with E-state index in [1.54, 1.807) is 12.1 Å². The number of carbonyl (C=O) groups is 1. The maximum absolute atomic E-state index is 11.2. The topological polar surface area (TPSA) is 46.5 Å². The van der Waals surface area contributed by atoms with Gasteiger partial charge in [0.1, 0.15) is 18.1 Å². The molecule has 0 radical (unpaired) electrons. The van der Waals surface area contributed by atoms with Gasteiger partial charge in [-0.15, -0.1) is 0 Å². The zero-order valence-electron chi connectivity index (χ0n) is 8.75. The molecule has 0 saturated carbocycles. The molecule has 0 bridgehead atoms. The van der Waals surface area contributed by atoms with E-state index in [2.05, 4.69) is 0 Å². The minimum atomic E-state index is 0.0932. The van der Waals surface area contributed by atoms with E-state index in [0.29, 0.717) is 6.42 Å². The third-order valence-corrected chi connectivity index (χ3v) is 2.58. The highest BCUT2D eigenvalue weighted by molar-refractivity contribution is 5.85. The molecule has 80 valence electrons. The highest BCUT2D eigenvalue weighted by Gasteiger charge is 2.21. The summed E-state index contributed by atoms with van der Waals surface area (Å²) >= 11 is 0. The Labute approximate surface area is 88.7 Å². The van der Waals surface area contributed by atoms with Crippen molar-refractivity contribution in [3.8, 4) is 11.5 Å². The van der Waals surface area contributed by atoms with Gasteiger partial charge in [-0.05, 0) is 12.5 Å². The minimum absolute atomic E-state index is 0.0932. The molecule has 1 heterocycles. The highest BCUT2D eigenvalue weighted by Crippen LogP contribution is 2.34. The maximum Gasteiger partial charge on any atom is 0.174 e. The lowest BCUT2D eigenvalue weighted by Gasteiger charge is -2.20. The number of aromatic hydroxyl groups is 1. The molecule has 0 atom stereocenters. The van der Waals surface area contributed by atoms with Crippen molar-refractivity contribution in [2.45, 2.75) is 26.2 Å². The lowest BCUT2D eigenvalue weighted by Crippen LogP contribution is -2.21. The second-order valence-electron chi connectivity index (χ2n) is 3.81. The fourth-order valence-electron chi connectivity index (χ4n) is 1.89. The second kappa shape index (κ2) is 3.93. The van der Waals surface area contributed by atoms with Gasteiger partial charge in [-0.3, -0.25) is 4.79 Å². The molecule has 3 heteroatoms. The number of hydrogen-bond donors (Lipinski definition) is 1. The lowest BCUT2D eigenvalue weighted by atomic mass is 9.98. The summed E-state index contributed by atoms with van der Waals surface area (Å²) in [5.74, 6) is 1.08. The Balaban J connectivity index is 2.45. The maximum atomic E-state index is 11.2. The summed E-state index contributed by atoms with van der Waals surface area (Å²) in [5.41, 5.74) is 1.73. The van der Waals surface area contributed by atoms with Gasteiger partial charge >= 0.3 is 0 Å². The standard InChI is InChI=1S/C12H14O3/c1-2-3-10-11(14)5-4-8-6-9(13)7-15-12(8)10/h4-5,14H,2-3,6-7H2,1H3. The minimum Gasteiger partial charge on any atom is -0.508 e. The Morgan fingerprint density at radius 2 is 2.27 bits per heavy atom. The van der Waals surface area contributed by atoms with Crippen molar-refractivity contribution in [2.24, 2.45) is 0 Å². The van der Waals surface area contributed by atoms with Gasteiger partial charge in [0, 0.05) is 17.5 Å². The summed E-state index contributed by atoms with van der Waals surface area (Å²) in [4.78, 5) is 11.2. The van der Waals surface area contributed by atoms with Crippen LogP contribution in [0.5, 0.6) is 11.5 Å². The van der Waals surface area contributed by atoms with E-state index in [1.165, 1.54) is 0 Å². The molecule has 1 aliphatic heterocycles. The molecule has 0 aromatic heterocycles. The molecular formula is C12H14O3. The van der Waals surface area contributed by atoms with Gasteiger partial charge in [-0.25, -0.2) is 0 Å². The number of ketones is 1. The Kier molecular flexibility index (Phi) is 2.62. The molecule has 3 nitrogen and oxygen atoms in total. The van der Waals surface area contributed by atoms with Crippen molar-refractivity contribution in [2.75, 3.05) is 6.61 Å². The van der Waals surface area contributed by atoms with E-state index in [4.69, 9.17) is 4.74 Å². The van der Waals surface area contributed by atoms with E-state index >= 15 is 0 Å². The van der Waals surface area contributed by atoms with Gasteiger partial charge in [0.25, 0.3) is 0 Å². The van der Waals surface area contributed by atoms with Crippen molar-refractivity contribution < 1.29 is 14.6 Å². The van der Waals surface area contributed by atoms with Gasteiger partial charge < -0.3 is 9.84 Å². The molecule has 0 saturated heterocycles. The van der Waals surface area contributed by atoms with Crippen LogP contribution in [0.25, 0.3) is 0 Å². The number of rotatable bonds is 2. The molecule has 0 amide bonds.